The van der Waals surface area contributed by atoms with Crippen LogP contribution in [-0.2, 0) is 11.2 Å². The number of carbonyl (C=O) groups excluding carboxylic acids is 1. The van der Waals surface area contributed by atoms with Crippen LogP contribution in [0.5, 0.6) is 17.2 Å². The number of amides is 1. The summed E-state index contributed by atoms with van der Waals surface area (Å²) < 4.78 is 21.6. The van der Waals surface area contributed by atoms with Crippen LogP contribution >= 0.6 is 0 Å². The Morgan fingerprint density at radius 1 is 0.931 bits per heavy atom. The fourth-order valence-corrected chi connectivity index (χ4v) is 3.98. The van der Waals surface area contributed by atoms with Crippen molar-refractivity contribution in [3.8, 4) is 17.2 Å². The third kappa shape index (κ3) is 3.58. The van der Waals surface area contributed by atoms with E-state index in [0.717, 1.165) is 38.4 Å². The maximum atomic E-state index is 13.3. The molecule has 1 saturated heterocycles. The van der Waals surface area contributed by atoms with E-state index in [4.69, 9.17) is 18.9 Å². The zero-order valence-corrected chi connectivity index (χ0v) is 17.1. The Bertz CT molecular complexity index is 883. The maximum absolute atomic E-state index is 13.3. The summed E-state index contributed by atoms with van der Waals surface area (Å²) in [6.07, 6.45) is 0.837. The van der Waals surface area contributed by atoms with Crippen LogP contribution in [0.3, 0.4) is 0 Å². The van der Waals surface area contributed by atoms with Gasteiger partial charge in [-0.05, 0) is 42.3 Å². The summed E-state index contributed by atoms with van der Waals surface area (Å²) in [5, 5.41) is 0. The molecular formula is C22H26N2O5. The number of anilines is 2. The largest absolute Gasteiger partial charge is 0.493 e. The van der Waals surface area contributed by atoms with E-state index in [0.29, 0.717) is 29.4 Å². The number of hydrogen-bond acceptors (Lipinski definition) is 6. The number of morpholine rings is 1. The molecule has 2 aromatic carbocycles. The lowest BCUT2D eigenvalue weighted by atomic mass is 10.1. The van der Waals surface area contributed by atoms with Gasteiger partial charge in [-0.25, -0.2) is 0 Å². The van der Waals surface area contributed by atoms with Crippen molar-refractivity contribution in [1.29, 1.82) is 0 Å². The van der Waals surface area contributed by atoms with E-state index in [2.05, 4.69) is 17.0 Å². The smallest absolute Gasteiger partial charge is 0.258 e. The van der Waals surface area contributed by atoms with Crippen LogP contribution in [0.15, 0.2) is 30.3 Å². The predicted octanol–water partition coefficient (Wildman–Crippen LogP) is 2.75. The summed E-state index contributed by atoms with van der Waals surface area (Å²) >= 11 is 0. The van der Waals surface area contributed by atoms with E-state index < -0.39 is 0 Å². The molecule has 2 aliphatic rings. The number of hydrogen-bond donors (Lipinski definition) is 0. The zero-order chi connectivity index (χ0) is 20.4. The molecule has 7 heteroatoms. The first-order chi connectivity index (χ1) is 14.2. The summed E-state index contributed by atoms with van der Waals surface area (Å²) in [5.74, 6) is 1.33. The third-order valence-corrected chi connectivity index (χ3v) is 5.49. The molecule has 0 aliphatic carbocycles. The van der Waals surface area contributed by atoms with Crippen molar-refractivity contribution in [1.82, 2.24) is 0 Å². The number of methoxy groups -OCH3 is 3. The number of ether oxygens (including phenoxy) is 4. The van der Waals surface area contributed by atoms with Crippen molar-refractivity contribution in [2.45, 2.75) is 6.42 Å². The van der Waals surface area contributed by atoms with E-state index in [1.165, 1.54) is 11.3 Å². The standard InChI is InChI=1S/C22H26N2O5/c1-26-19-13-16(14-20(27-2)21(19)28-3)22(25)24-7-6-15-12-17(4-5-18(15)24)23-8-10-29-11-9-23/h4-5,12-14H,6-11H2,1-3H3. The highest BCUT2D eigenvalue weighted by Crippen LogP contribution is 2.40. The normalized spacial score (nSPS) is 15.8. The first kappa shape index (κ1) is 19.4. The molecule has 7 nitrogen and oxygen atoms in total. The highest BCUT2D eigenvalue weighted by Gasteiger charge is 2.28. The van der Waals surface area contributed by atoms with Gasteiger partial charge in [-0.3, -0.25) is 4.79 Å². The molecule has 0 N–H and O–H groups in total. The molecule has 0 unspecified atom stereocenters. The number of benzene rings is 2. The molecule has 2 heterocycles. The lowest BCUT2D eigenvalue weighted by molar-refractivity contribution is 0.0988. The fraction of sp³-hybridized carbons (Fsp3) is 0.409. The SMILES string of the molecule is COc1cc(C(=O)N2CCc3cc(N4CCOCC4)ccc32)cc(OC)c1OC. The van der Waals surface area contributed by atoms with E-state index >= 15 is 0 Å². The number of rotatable bonds is 5. The van der Waals surface area contributed by atoms with Gasteiger partial charge in [0.1, 0.15) is 0 Å². The Kier molecular flexibility index (Phi) is 5.49. The molecular weight excluding hydrogens is 372 g/mol. The maximum Gasteiger partial charge on any atom is 0.258 e. The Labute approximate surface area is 170 Å². The summed E-state index contributed by atoms with van der Waals surface area (Å²) in [6, 6.07) is 9.73. The second-order valence-corrected chi connectivity index (χ2v) is 7.03. The van der Waals surface area contributed by atoms with Gasteiger partial charge >= 0.3 is 0 Å². The van der Waals surface area contributed by atoms with E-state index in [1.807, 2.05) is 11.0 Å². The van der Waals surface area contributed by atoms with Gasteiger partial charge in [0.2, 0.25) is 5.75 Å². The minimum absolute atomic E-state index is 0.0814. The number of nitrogens with zero attached hydrogens (tertiary/aromatic N) is 2. The third-order valence-electron chi connectivity index (χ3n) is 5.49. The highest BCUT2D eigenvalue weighted by atomic mass is 16.5. The van der Waals surface area contributed by atoms with Gasteiger partial charge < -0.3 is 28.7 Å². The van der Waals surface area contributed by atoms with Crippen molar-refractivity contribution in [2.24, 2.45) is 0 Å². The minimum Gasteiger partial charge on any atom is -0.493 e. The Morgan fingerprint density at radius 3 is 2.24 bits per heavy atom. The Hall–Kier alpha value is -2.93. The fourth-order valence-electron chi connectivity index (χ4n) is 3.98. The van der Waals surface area contributed by atoms with E-state index in [1.54, 1.807) is 33.5 Å². The lowest BCUT2D eigenvalue weighted by Crippen LogP contribution is -2.36. The van der Waals surface area contributed by atoms with Gasteiger partial charge in [0.15, 0.2) is 11.5 Å². The highest BCUT2D eigenvalue weighted by molar-refractivity contribution is 6.08. The summed E-state index contributed by atoms with van der Waals surface area (Å²) in [6.45, 7) is 3.95. The lowest BCUT2D eigenvalue weighted by Gasteiger charge is -2.29. The molecule has 0 bridgehead atoms. The molecule has 29 heavy (non-hydrogen) atoms. The van der Waals surface area contributed by atoms with Gasteiger partial charge in [-0.15, -0.1) is 0 Å². The zero-order valence-electron chi connectivity index (χ0n) is 17.1. The molecule has 2 aromatic rings. The van der Waals surface area contributed by atoms with Crippen molar-refractivity contribution in [3.63, 3.8) is 0 Å². The average Bonchev–Trinajstić information content (AvgIpc) is 3.21. The molecule has 4 rings (SSSR count). The van der Waals surface area contributed by atoms with E-state index in [9.17, 15) is 4.79 Å². The molecule has 1 fully saturated rings. The van der Waals surface area contributed by atoms with Crippen molar-refractivity contribution in [3.05, 3.63) is 41.5 Å². The van der Waals surface area contributed by atoms with Gasteiger partial charge in [0.25, 0.3) is 5.91 Å². The molecule has 0 aromatic heterocycles. The molecule has 0 radical (unpaired) electrons. The van der Waals surface area contributed by atoms with Crippen molar-refractivity contribution >= 4 is 17.3 Å². The molecule has 154 valence electrons. The topological polar surface area (TPSA) is 60.5 Å². The van der Waals surface area contributed by atoms with Crippen LogP contribution in [-0.4, -0.2) is 60.1 Å². The van der Waals surface area contributed by atoms with Gasteiger partial charge in [0, 0.05) is 36.6 Å². The Balaban J connectivity index is 1.62. The molecule has 0 atom stereocenters. The minimum atomic E-state index is -0.0814. The van der Waals surface area contributed by atoms with Crippen LogP contribution in [0.2, 0.25) is 0 Å². The number of fused-ring (bicyclic) bond motifs is 1. The van der Waals surface area contributed by atoms with Crippen LogP contribution in [0, 0.1) is 0 Å². The van der Waals surface area contributed by atoms with Crippen LogP contribution in [0.25, 0.3) is 0 Å². The van der Waals surface area contributed by atoms with Crippen molar-refractivity contribution < 1.29 is 23.7 Å². The predicted molar refractivity (Wildman–Crippen MR) is 111 cm³/mol. The first-order valence-corrected chi connectivity index (χ1v) is 9.73. The quantitative estimate of drug-likeness (QED) is 0.772. The van der Waals surface area contributed by atoms with Crippen LogP contribution in [0.1, 0.15) is 15.9 Å². The average molecular weight is 398 g/mol. The number of carbonyl (C=O) groups is 1. The molecule has 1 amide bonds. The van der Waals surface area contributed by atoms with Gasteiger partial charge in [-0.2, -0.15) is 0 Å². The van der Waals surface area contributed by atoms with E-state index in [-0.39, 0.29) is 5.91 Å². The van der Waals surface area contributed by atoms with Crippen LogP contribution in [0.4, 0.5) is 11.4 Å². The van der Waals surface area contributed by atoms with Crippen LogP contribution < -0.4 is 24.0 Å². The second-order valence-electron chi connectivity index (χ2n) is 7.03. The van der Waals surface area contributed by atoms with Crippen molar-refractivity contribution in [2.75, 3.05) is 64.0 Å². The monoisotopic (exact) mass is 398 g/mol. The van der Waals surface area contributed by atoms with Gasteiger partial charge in [-0.1, -0.05) is 0 Å². The summed E-state index contributed by atoms with van der Waals surface area (Å²) in [7, 11) is 4.64. The molecule has 0 spiro atoms. The second kappa shape index (κ2) is 8.21. The first-order valence-electron chi connectivity index (χ1n) is 9.73. The molecule has 2 aliphatic heterocycles. The Morgan fingerprint density at radius 2 is 1.62 bits per heavy atom. The van der Waals surface area contributed by atoms with Gasteiger partial charge in [0.05, 0.1) is 34.5 Å². The summed E-state index contributed by atoms with van der Waals surface area (Å²) in [5.41, 5.74) is 3.84. The summed E-state index contributed by atoms with van der Waals surface area (Å²) in [4.78, 5) is 17.4. The molecule has 0 saturated carbocycles.